The highest BCUT2D eigenvalue weighted by Gasteiger charge is 2.36. The third-order valence-corrected chi connectivity index (χ3v) is 5.75. The number of benzene rings is 3. The number of urea groups is 1. The summed E-state index contributed by atoms with van der Waals surface area (Å²) in [5.41, 5.74) is 0.979. The molecule has 0 spiro atoms. The predicted molar refractivity (Wildman–Crippen MR) is 140 cm³/mol. The zero-order valence-electron chi connectivity index (χ0n) is 20.2. The van der Waals surface area contributed by atoms with E-state index in [1.165, 1.54) is 24.3 Å². The summed E-state index contributed by atoms with van der Waals surface area (Å²) in [6, 6.07) is 16.2. The van der Waals surface area contributed by atoms with Gasteiger partial charge in [-0.3, -0.25) is 25.0 Å². The highest BCUT2D eigenvalue weighted by atomic mass is 35.5. The topological polar surface area (TPSA) is 128 Å². The van der Waals surface area contributed by atoms with Gasteiger partial charge in [0.1, 0.15) is 23.7 Å². The predicted octanol–water partition coefficient (Wildman–Crippen LogP) is 5.28. The Labute approximate surface area is 222 Å². The molecule has 38 heavy (non-hydrogen) atoms. The van der Waals surface area contributed by atoms with Gasteiger partial charge in [0.25, 0.3) is 17.5 Å². The molecule has 1 N–H and O–H groups in total. The number of hydrogen-bond acceptors (Lipinski definition) is 7. The number of hydrogen-bond donors (Lipinski definition) is 1. The van der Waals surface area contributed by atoms with E-state index in [-0.39, 0.29) is 28.6 Å². The van der Waals surface area contributed by atoms with E-state index in [2.05, 4.69) is 5.32 Å². The molecule has 0 aliphatic carbocycles. The molecule has 0 atom stereocenters. The number of nitrogens with zero attached hydrogens (tertiary/aromatic N) is 2. The molecular formula is C27H22ClN3O7. The summed E-state index contributed by atoms with van der Waals surface area (Å²) in [7, 11) is 0. The lowest BCUT2D eigenvalue weighted by atomic mass is 10.1. The number of barbiturate groups is 1. The average Bonchev–Trinajstić information content (AvgIpc) is 2.90. The van der Waals surface area contributed by atoms with E-state index in [0.717, 1.165) is 11.3 Å². The fourth-order valence-corrected chi connectivity index (χ4v) is 3.86. The third kappa shape index (κ3) is 5.98. The molecule has 4 rings (SSSR count). The second-order valence-corrected chi connectivity index (χ2v) is 8.61. The molecule has 0 unspecified atom stereocenters. The van der Waals surface area contributed by atoms with Crippen molar-refractivity contribution in [3.05, 3.63) is 98.6 Å². The Morgan fingerprint density at radius 3 is 2.47 bits per heavy atom. The summed E-state index contributed by atoms with van der Waals surface area (Å²) in [6.07, 6.45) is 2.16. The van der Waals surface area contributed by atoms with Crippen molar-refractivity contribution < 1.29 is 28.8 Å². The van der Waals surface area contributed by atoms with E-state index in [9.17, 15) is 24.5 Å². The van der Waals surface area contributed by atoms with Crippen LogP contribution in [0, 0.1) is 10.1 Å². The minimum atomic E-state index is -0.859. The Bertz CT molecular complexity index is 1440. The van der Waals surface area contributed by atoms with Crippen molar-refractivity contribution >= 4 is 46.9 Å². The lowest BCUT2D eigenvalue weighted by Gasteiger charge is -2.26. The van der Waals surface area contributed by atoms with Gasteiger partial charge in [0.2, 0.25) is 0 Å². The number of nitro groups is 1. The van der Waals surface area contributed by atoms with Crippen molar-refractivity contribution in [1.29, 1.82) is 0 Å². The van der Waals surface area contributed by atoms with E-state index in [1.54, 1.807) is 48.5 Å². The Hall–Kier alpha value is -4.70. The highest BCUT2D eigenvalue weighted by molar-refractivity contribution is 6.39. The molecule has 3 aromatic rings. The van der Waals surface area contributed by atoms with Crippen molar-refractivity contribution in [2.24, 2.45) is 0 Å². The van der Waals surface area contributed by atoms with Crippen LogP contribution in [-0.2, 0) is 16.2 Å². The second-order valence-electron chi connectivity index (χ2n) is 8.21. The third-order valence-electron chi connectivity index (χ3n) is 5.45. The van der Waals surface area contributed by atoms with Crippen molar-refractivity contribution in [1.82, 2.24) is 5.32 Å². The summed E-state index contributed by atoms with van der Waals surface area (Å²) >= 11 is 6.34. The van der Waals surface area contributed by atoms with Gasteiger partial charge in [-0.15, -0.1) is 0 Å². The molecule has 11 heteroatoms. The SMILES string of the molecule is CCCOc1ccc(N2C(=O)NC(=O)/C(=C/c3ccc(OCc4cccc([N+](=O)[O-])c4)c(Cl)c3)C2=O)cc1. The first-order valence-electron chi connectivity index (χ1n) is 11.6. The van der Waals surface area contributed by atoms with Crippen LogP contribution in [0.15, 0.2) is 72.3 Å². The molecule has 0 aromatic heterocycles. The Morgan fingerprint density at radius 2 is 1.79 bits per heavy atom. The van der Waals surface area contributed by atoms with Crippen LogP contribution in [0.3, 0.4) is 0 Å². The fourth-order valence-electron chi connectivity index (χ4n) is 3.61. The van der Waals surface area contributed by atoms with Crippen molar-refractivity contribution in [3.63, 3.8) is 0 Å². The zero-order valence-corrected chi connectivity index (χ0v) is 20.9. The van der Waals surface area contributed by atoms with E-state index >= 15 is 0 Å². The van der Waals surface area contributed by atoms with E-state index < -0.39 is 22.8 Å². The monoisotopic (exact) mass is 535 g/mol. The number of halogens is 1. The van der Waals surface area contributed by atoms with E-state index in [1.807, 2.05) is 6.92 Å². The standard InChI is InChI=1S/C27H22ClN3O7/c1-2-12-37-21-9-7-19(8-10-21)30-26(33)22(25(32)29-27(30)34)14-17-6-11-24(23(28)15-17)38-16-18-4-3-5-20(13-18)31(35)36/h3-11,13-15H,2,12,16H2,1H3,(H,29,32,34)/b22-14-. The largest absolute Gasteiger partial charge is 0.494 e. The lowest BCUT2D eigenvalue weighted by molar-refractivity contribution is -0.384. The van der Waals surface area contributed by atoms with Gasteiger partial charge in [-0.2, -0.15) is 0 Å². The maximum Gasteiger partial charge on any atom is 0.335 e. The Morgan fingerprint density at radius 1 is 1.03 bits per heavy atom. The minimum Gasteiger partial charge on any atom is -0.494 e. The smallest absolute Gasteiger partial charge is 0.335 e. The number of anilines is 1. The van der Waals surface area contributed by atoms with Gasteiger partial charge in [-0.05, 0) is 60.0 Å². The first-order valence-corrected chi connectivity index (χ1v) is 11.9. The van der Waals surface area contributed by atoms with Crippen LogP contribution in [-0.4, -0.2) is 29.4 Å². The van der Waals surface area contributed by atoms with Crippen LogP contribution in [0.25, 0.3) is 6.08 Å². The van der Waals surface area contributed by atoms with E-state index in [4.69, 9.17) is 21.1 Å². The maximum absolute atomic E-state index is 13.1. The van der Waals surface area contributed by atoms with Gasteiger partial charge in [0.15, 0.2) is 0 Å². The van der Waals surface area contributed by atoms with Gasteiger partial charge in [-0.25, -0.2) is 9.69 Å². The molecule has 3 aromatic carbocycles. The lowest BCUT2D eigenvalue weighted by Crippen LogP contribution is -2.54. The molecule has 10 nitrogen and oxygen atoms in total. The number of carbonyl (C=O) groups excluding carboxylic acids is 3. The van der Waals surface area contributed by atoms with Crippen molar-refractivity contribution in [2.45, 2.75) is 20.0 Å². The number of rotatable bonds is 9. The van der Waals surface area contributed by atoms with Crippen molar-refractivity contribution in [3.8, 4) is 11.5 Å². The molecule has 4 amide bonds. The summed E-state index contributed by atoms with van der Waals surface area (Å²) in [5.74, 6) is -0.721. The van der Waals surface area contributed by atoms with Gasteiger partial charge in [-0.1, -0.05) is 36.7 Å². The van der Waals surface area contributed by atoms with Crippen LogP contribution in [0.2, 0.25) is 5.02 Å². The van der Waals surface area contributed by atoms with Gasteiger partial charge in [0.05, 0.1) is 22.2 Å². The van der Waals surface area contributed by atoms with Crippen LogP contribution in [0.4, 0.5) is 16.2 Å². The average molecular weight is 536 g/mol. The molecule has 1 aliphatic heterocycles. The highest BCUT2D eigenvalue weighted by Crippen LogP contribution is 2.29. The van der Waals surface area contributed by atoms with Crippen LogP contribution in [0.1, 0.15) is 24.5 Å². The zero-order chi connectivity index (χ0) is 27.2. The van der Waals surface area contributed by atoms with Gasteiger partial charge < -0.3 is 9.47 Å². The molecule has 1 aliphatic rings. The maximum atomic E-state index is 13.1. The number of imide groups is 2. The fraction of sp³-hybridized carbons (Fsp3) is 0.148. The normalized spacial score (nSPS) is 14.4. The molecule has 1 fully saturated rings. The second kappa shape index (κ2) is 11.6. The van der Waals surface area contributed by atoms with E-state index in [0.29, 0.717) is 29.2 Å². The van der Waals surface area contributed by atoms with Gasteiger partial charge >= 0.3 is 6.03 Å². The van der Waals surface area contributed by atoms with Crippen LogP contribution < -0.4 is 19.7 Å². The van der Waals surface area contributed by atoms with Crippen LogP contribution >= 0.6 is 11.6 Å². The molecule has 1 heterocycles. The minimum absolute atomic E-state index is 0.0437. The molecule has 1 saturated heterocycles. The Kier molecular flexibility index (Phi) is 8.03. The number of amides is 4. The quantitative estimate of drug-likeness (QED) is 0.171. The molecule has 194 valence electrons. The molecule has 0 saturated carbocycles. The summed E-state index contributed by atoms with van der Waals surface area (Å²) < 4.78 is 11.2. The van der Waals surface area contributed by atoms with Gasteiger partial charge in [0, 0.05) is 12.1 Å². The number of nitrogens with one attached hydrogen (secondary N) is 1. The summed E-state index contributed by atoms with van der Waals surface area (Å²) in [6.45, 7) is 2.55. The number of nitro benzene ring substituents is 1. The molecular weight excluding hydrogens is 514 g/mol. The first-order chi connectivity index (χ1) is 18.3. The molecule has 0 radical (unpaired) electrons. The number of non-ortho nitro benzene ring substituents is 1. The number of carbonyl (C=O) groups is 3. The van der Waals surface area contributed by atoms with Crippen LogP contribution in [0.5, 0.6) is 11.5 Å². The summed E-state index contributed by atoms with van der Waals surface area (Å²) in [4.78, 5) is 49.4. The Balaban J connectivity index is 1.51. The molecule has 0 bridgehead atoms. The summed E-state index contributed by atoms with van der Waals surface area (Å²) in [5, 5.41) is 13.3. The first kappa shape index (κ1) is 26.4. The number of ether oxygens (including phenoxy) is 2. The van der Waals surface area contributed by atoms with Crippen molar-refractivity contribution in [2.75, 3.05) is 11.5 Å².